The summed E-state index contributed by atoms with van der Waals surface area (Å²) in [6.07, 6.45) is 0.973. The van der Waals surface area contributed by atoms with E-state index in [4.69, 9.17) is 0 Å². The molecule has 1 rings (SSSR count). The molecule has 3 nitrogen and oxygen atoms in total. The van der Waals surface area contributed by atoms with Crippen molar-refractivity contribution in [2.45, 2.75) is 19.4 Å². The van der Waals surface area contributed by atoms with Gasteiger partial charge < -0.3 is 10.6 Å². The van der Waals surface area contributed by atoms with Crippen LogP contribution in [0.4, 0.5) is 0 Å². The summed E-state index contributed by atoms with van der Waals surface area (Å²) in [4.78, 5) is 11.1. The lowest BCUT2D eigenvalue weighted by molar-refractivity contribution is -0.119. The van der Waals surface area contributed by atoms with Gasteiger partial charge in [0, 0.05) is 13.1 Å². The predicted octanol–water partition coefficient (Wildman–Crippen LogP) is 1.47. The van der Waals surface area contributed by atoms with E-state index in [0.717, 1.165) is 6.42 Å². The Hall–Kier alpha value is -1.35. The summed E-state index contributed by atoms with van der Waals surface area (Å²) in [7, 11) is 1.65. The second kappa shape index (κ2) is 6.19. The Balaban J connectivity index is 2.53. The lowest BCUT2D eigenvalue weighted by Crippen LogP contribution is -2.33. The van der Waals surface area contributed by atoms with Crippen LogP contribution in [-0.2, 0) is 4.79 Å². The highest BCUT2D eigenvalue weighted by Gasteiger charge is 2.08. The summed E-state index contributed by atoms with van der Waals surface area (Å²) in [6.45, 7) is 2.47. The summed E-state index contributed by atoms with van der Waals surface area (Å²) in [6, 6.07) is 10.4. The van der Waals surface area contributed by atoms with Gasteiger partial charge in [-0.1, -0.05) is 37.3 Å². The Bertz CT molecular complexity index is 298. The number of hydrogen-bond acceptors (Lipinski definition) is 2. The number of carbonyl (C=O) groups is 1. The van der Waals surface area contributed by atoms with Crippen LogP contribution in [0.15, 0.2) is 30.3 Å². The predicted molar refractivity (Wildman–Crippen MR) is 61.5 cm³/mol. The van der Waals surface area contributed by atoms with E-state index in [1.54, 1.807) is 7.05 Å². The molecule has 3 heteroatoms. The van der Waals surface area contributed by atoms with Crippen LogP contribution in [0.25, 0.3) is 0 Å². The molecule has 0 aliphatic heterocycles. The maximum absolute atomic E-state index is 11.1. The van der Waals surface area contributed by atoms with Gasteiger partial charge in [0.2, 0.25) is 5.91 Å². The van der Waals surface area contributed by atoms with Crippen LogP contribution in [0.2, 0.25) is 0 Å². The molecule has 1 unspecified atom stereocenters. The fourth-order valence-electron chi connectivity index (χ4n) is 1.49. The van der Waals surface area contributed by atoms with E-state index < -0.39 is 0 Å². The standard InChI is InChI=1S/C12H18N2O/c1-3-11(14-9-12(15)13-2)10-7-5-4-6-8-10/h4-8,11,14H,3,9H2,1-2H3,(H,13,15). The first-order valence-electron chi connectivity index (χ1n) is 5.26. The molecule has 0 bridgehead atoms. The molecule has 0 spiro atoms. The second-order valence-electron chi connectivity index (χ2n) is 3.43. The van der Waals surface area contributed by atoms with Crippen molar-refractivity contribution >= 4 is 5.91 Å². The lowest BCUT2D eigenvalue weighted by atomic mass is 10.0. The fraction of sp³-hybridized carbons (Fsp3) is 0.417. The number of amides is 1. The van der Waals surface area contributed by atoms with Gasteiger partial charge in [0.25, 0.3) is 0 Å². The van der Waals surface area contributed by atoms with Crippen molar-refractivity contribution in [3.05, 3.63) is 35.9 Å². The molecule has 1 aromatic carbocycles. The molecule has 15 heavy (non-hydrogen) atoms. The molecule has 1 aromatic rings. The molecular weight excluding hydrogens is 188 g/mol. The molecular formula is C12H18N2O. The molecule has 2 N–H and O–H groups in total. The average Bonchev–Trinajstić information content (AvgIpc) is 2.31. The van der Waals surface area contributed by atoms with Gasteiger partial charge in [-0.2, -0.15) is 0 Å². The quantitative estimate of drug-likeness (QED) is 0.766. The Kier molecular flexibility index (Phi) is 4.84. The SMILES string of the molecule is CCC(NCC(=O)NC)c1ccccc1. The Morgan fingerprint density at radius 3 is 2.53 bits per heavy atom. The van der Waals surface area contributed by atoms with Gasteiger partial charge in [-0.05, 0) is 12.0 Å². The van der Waals surface area contributed by atoms with Crippen LogP contribution in [0.3, 0.4) is 0 Å². The number of hydrogen-bond donors (Lipinski definition) is 2. The van der Waals surface area contributed by atoms with Crippen LogP contribution < -0.4 is 10.6 Å². The monoisotopic (exact) mass is 206 g/mol. The maximum atomic E-state index is 11.1. The van der Waals surface area contributed by atoms with Crippen LogP contribution in [0.1, 0.15) is 24.9 Å². The molecule has 0 aliphatic carbocycles. The van der Waals surface area contributed by atoms with Gasteiger partial charge in [-0.3, -0.25) is 4.79 Å². The van der Waals surface area contributed by atoms with Crippen molar-refractivity contribution in [3.63, 3.8) is 0 Å². The number of nitrogens with one attached hydrogen (secondary N) is 2. The highest BCUT2D eigenvalue weighted by atomic mass is 16.1. The number of benzene rings is 1. The third kappa shape index (κ3) is 3.72. The summed E-state index contributed by atoms with van der Waals surface area (Å²) in [5.74, 6) is 0.0179. The molecule has 0 saturated heterocycles. The molecule has 0 radical (unpaired) electrons. The largest absolute Gasteiger partial charge is 0.358 e. The van der Waals surface area contributed by atoms with Crippen LogP contribution in [-0.4, -0.2) is 19.5 Å². The van der Waals surface area contributed by atoms with E-state index in [2.05, 4.69) is 29.7 Å². The van der Waals surface area contributed by atoms with Crippen molar-refractivity contribution in [1.29, 1.82) is 0 Å². The van der Waals surface area contributed by atoms with Gasteiger partial charge in [0.05, 0.1) is 6.54 Å². The summed E-state index contributed by atoms with van der Waals surface area (Å²) >= 11 is 0. The fourth-order valence-corrected chi connectivity index (χ4v) is 1.49. The first-order valence-corrected chi connectivity index (χ1v) is 5.26. The highest BCUT2D eigenvalue weighted by Crippen LogP contribution is 2.15. The van der Waals surface area contributed by atoms with E-state index in [-0.39, 0.29) is 11.9 Å². The first kappa shape index (κ1) is 11.7. The summed E-state index contributed by atoms with van der Waals surface area (Å²) < 4.78 is 0. The maximum Gasteiger partial charge on any atom is 0.233 e. The van der Waals surface area contributed by atoms with Crippen molar-refractivity contribution in [1.82, 2.24) is 10.6 Å². The molecule has 1 amide bonds. The second-order valence-corrected chi connectivity index (χ2v) is 3.43. The molecule has 82 valence electrons. The van der Waals surface area contributed by atoms with E-state index in [0.29, 0.717) is 6.54 Å². The third-order valence-electron chi connectivity index (χ3n) is 2.40. The van der Waals surface area contributed by atoms with Gasteiger partial charge in [-0.15, -0.1) is 0 Å². The summed E-state index contributed by atoms with van der Waals surface area (Å²) in [5, 5.41) is 5.82. The Morgan fingerprint density at radius 1 is 1.33 bits per heavy atom. The molecule has 0 heterocycles. The Labute approximate surface area is 90.9 Å². The van der Waals surface area contributed by atoms with Crippen LogP contribution in [0, 0.1) is 0 Å². The minimum atomic E-state index is 0.0179. The zero-order valence-electron chi connectivity index (χ0n) is 9.29. The minimum Gasteiger partial charge on any atom is -0.358 e. The van der Waals surface area contributed by atoms with E-state index in [1.165, 1.54) is 5.56 Å². The number of likely N-dealkylation sites (N-methyl/N-ethyl adjacent to an activating group) is 1. The normalized spacial score (nSPS) is 12.1. The first-order chi connectivity index (χ1) is 7.27. The topological polar surface area (TPSA) is 41.1 Å². The van der Waals surface area contributed by atoms with E-state index >= 15 is 0 Å². The Morgan fingerprint density at radius 2 is 2.00 bits per heavy atom. The smallest absolute Gasteiger partial charge is 0.233 e. The van der Waals surface area contributed by atoms with Crippen molar-refractivity contribution < 1.29 is 4.79 Å². The lowest BCUT2D eigenvalue weighted by Gasteiger charge is -2.16. The molecule has 0 fully saturated rings. The molecule has 0 aliphatic rings. The zero-order chi connectivity index (χ0) is 11.1. The van der Waals surface area contributed by atoms with E-state index in [1.807, 2.05) is 18.2 Å². The van der Waals surface area contributed by atoms with Gasteiger partial charge in [-0.25, -0.2) is 0 Å². The third-order valence-corrected chi connectivity index (χ3v) is 2.40. The molecule has 0 saturated carbocycles. The minimum absolute atomic E-state index is 0.0179. The van der Waals surface area contributed by atoms with Crippen LogP contribution in [0.5, 0.6) is 0 Å². The van der Waals surface area contributed by atoms with E-state index in [9.17, 15) is 4.79 Å². The average molecular weight is 206 g/mol. The zero-order valence-corrected chi connectivity index (χ0v) is 9.29. The van der Waals surface area contributed by atoms with Gasteiger partial charge >= 0.3 is 0 Å². The molecule has 0 aromatic heterocycles. The van der Waals surface area contributed by atoms with Gasteiger partial charge in [0.15, 0.2) is 0 Å². The van der Waals surface area contributed by atoms with Crippen molar-refractivity contribution in [3.8, 4) is 0 Å². The van der Waals surface area contributed by atoms with Crippen LogP contribution >= 0.6 is 0 Å². The number of rotatable bonds is 5. The van der Waals surface area contributed by atoms with Crippen molar-refractivity contribution in [2.75, 3.05) is 13.6 Å². The number of carbonyl (C=O) groups excluding carboxylic acids is 1. The van der Waals surface area contributed by atoms with Crippen molar-refractivity contribution in [2.24, 2.45) is 0 Å². The summed E-state index contributed by atoms with van der Waals surface area (Å²) in [5.41, 5.74) is 1.23. The van der Waals surface area contributed by atoms with Gasteiger partial charge in [0.1, 0.15) is 0 Å². The molecule has 1 atom stereocenters. The highest BCUT2D eigenvalue weighted by molar-refractivity contribution is 5.77.